The van der Waals surface area contributed by atoms with Crippen molar-refractivity contribution in [3.63, 3.8) is 0 Å². The Labute approximate surface area is 73.9 Å². The second-order valence-corrected chi connectivity index (χ2v) is 8.42. The van der Waals surface area contributed by atoms with Crippen LogP contribution >= 0.6 is 0 Å². The first-order chi connectivity index (χ1) is 5.38. The summed E-state index contributed by atoms with van der Waals surface area (Å²) in [5.74, 6) is 0. The maximum Gasteiger partial charge on any atom is 0.392 e. The highest BCUT2D eigenvalue weighted by Gasteiger charge is 2.23. The van der Waals surface area contributed by atoms with Crippen LogP contribution in [-0.4, -0.2) is 47.1 Å². The first-order valence-electron chi connectivity index (χ1n) is 3.93. The van der Waals surface area contributed by atoms with Gasteiger partial charge in [-0.3, -0.25) is 4.57 Å². The van der Waals surface area contributed by atoms with Gasteiger partial charge in [0, 0.05) is 0 Å². The van der Waals surface area contributed by atoms with E-state index in [1.807, 2.05) is 0 Å². The molecule has 11 heavy (non-hydrogen) atoms. The second kappa shape index (κ2) is 5.19. The molecule has 0 aliphatic carbocycles. The number of nitrogens with zero attached hydrogens (tertiary/aromatic N) is 1. The highest BCUT2D eigenvalue weighted by atomic mass is 28.4. The Balaban J connectivity index is 2.30. The lowest BCUT2D eigenvalue weighted by Crippen LogP contribution is -2.49. The van der Waals surface area contributed by atoms with E-state index in [4.69, 9.17) is 12.3 Å². The lowest BCUT2D eigenvalue weighted by molar-refractivity contribution is 0.251. The van der Waals surface area contributed by atoms with Crippen LogP contribution in [0.2, 0.25) is 0 Å². The third-order valence-electron chi connectivity index (χ3n) is 1.70. The molecule has 0 atom stereocenters. The minimum Gasteiger partial charge on any atom is -0.425 e. The minimum absolute atomic E-state index is 0.644. The summed E-state index contributed by atoms with van der Waals surface area (Å²) in [7, 11) is -2.70. The van der Waals surface area contributed by atoms with E-state index < -0.39 is 29.5 Å². The van der Waals surface area contributed by atoms with Gasteiger partial charge in [0.25, 0.3) is 20.0 Å². The molecule has 0 bridgehead atoms. The van der Waals surface area contributed by atoms with Crippen LogP contribution in [0.25, 0.3) is 0 Å². The van der Waals surface area contributed by atoms with Crippen molar-refractivity contribution in [1.82, 2.24) is 4.57 Å². The summed E-state index contributed by atoms with van der Waals surface area (Å²) in [4.78, 5) is 0. The summed E-state index contributed by atoms with van der Waals surface area (Å²) in [5.41, 5.74) is 0. The number of hydrogen-bond donors (Lipinski definition) is 0. The van der Waals surface area contributed by atoms with Crippen LogP contribution in [0, 0.1) is 0 Å². The lowest BCUT2D eigenvalue weighted by Gasteiger charge is -2.30. The molecule has 1 aliphatic heterocycles. The normalized spacial score (nSPS) is 30.3. The summed E-state index contributed by atoms with van der Waals surface area (Å²) in [6, 6.07) is 0. The van der Waals surface area contributed by atoms with Crippen LogP contribution in [0.15, 0.2) is 0 Å². The molecule has 0 unspecified atom stereocenters. The summed E-state index contributed by atoms with van der Waals surface area (Å²) in [6.07, 6.45) is 0. The van der Waals surface area contributed by atoms with Gasteiger partial charge in [-0.15, -0.1) is 0 Å². The SMILES string of the molecule is CCN(CC)[SiH]1O[SiH2]O[SiH2]O1. The average molecular weight is 209 g/mol. The van der Waals surface area contributed by atoms with Gasteiger partial charge in [-0.05, 0) is 13.1 Å². The number of rotatable bonds is 3. The van der Waals surface area contributed by atoms with E-state index in [2.05, 4.69) is 18.4 Å². The number of hydrogen-bond acceptors (Lipinski definition) is 4. The van der Waals surface area contributed by atoms with Gasteiger partial charge >= 0.3 is 9.45 Å². The van der Waals surface area contributed by atoms with Crippen LogP contribution in [0.4, 0.5) is 0 Å². The van der Waals surface area contributed by atoms with Gasteiger partial charge in [0.05, 0.1) is 0 Å². The van der Waals surface area contributed by atoms with Crippen molar-refractivity contribution in [2.24, 2.45) is 0 Å². The molecule has 1 heterocycles. The van der Waals surface area contributed by atoms with Gasteiger partial charge in [-0.1, -0.05) is 13.8 Å². The molecule has 1 aliphatic rings. The second-order valence-electron chi connectivity index (χ2n) is 2.30. The zero-order chi connectivity index (χ0) is 8.10. The Morgan fingerprint density at radius 3 is 2.18 bits per heavy atom. The van der Waals surface area contributed by atoms with Crippen molar-refractivity contribution in [2.45, 2.75) is 13.8 Å². The molecule has 66 valence electrons. The average Bonchev–Trinajstić information content (AvgIpc) is 2.09. The smallest absolute Gasteiger partial charge is 0.392 e. The Morgan fingerprint density at radius 1 is 1.18 bits per heavy atom. The van der Waals surface area contributed by atoms with Crippen molar-refractivity contribution in [3.8, 4) is 0 Å². The molecule has 1 saturated heterocycles. The highest BCUT2D eigenvalue weighted by molar-refractivity contribution is 6.59. The largest absolute Gasteiger partial charge is 0.425 e. The molecule has 4 nitrogen and oxygen atoms in total. The molecule has 1 fully saturated rings. The van der Waals surface area contributed by atoms with E-state index in [1.165, 1.54) is 0 Å². The van der Waals surface area contributed by atoms with Gasteiger partial charge in [0.2, 0.25) is 0 Å². The predicted octanol–water partition coefficient (Wildman–Crippen LogP) is -1.89. The van der Waals surface area contributed by atoms with Gasteiger partial charge in [0.1, 0.15) is 0 Å². The van der Waals surface area contributed by atoms with Gasteiger partial charge < -0.3 is 12.3 Å². The van der Waals surface area contributed by atoms with E-state index in [0.29, 0.717) is 0 Å². The molecule has 0 radical (unpaired) electrons. The Bertz CT molecular complexity index is 107. The summed E-state index contributed by atoms with van der Waals surface area (Å²) < 4.78 is 18.5. The molecule has 0 saturated carbocycles. The maximum atomic E-state index is 5.52. The van der Waals surface area contributed by atoms with Gasteiger partial charge in [-0.2, -0.15) is 0 Å². The van der Waals surface area contributed by atoms with Crippen molar-refractivity contribution in [3.05, 3.63) is 0 Å². The van der Waals surface area contributed by atoms with Crippen molar-refractivity contribution in [1.29, 1.82) is 0 Å². The Morgan fingerprint density at radius 2 is 1.73 bits per heavy atom. The molecular formula is C4H15NO3Si3. The van der Waals surface area contributed by atoms with E-state index in [1.54, 1.807) is 0 Å². The van der Waals surface area contributed by atoms with Crippen LogP contribution in [0.5, 0.6) is 0 Å². The molecule has 0 aromatic carbocycles. The van der Waals surface area contributed by atoms with Crippen molar-refractivity contribution >= 4 is 29.5 Å². The minimum atomic E-state index is -1.41. The summed E-state index contributed by atoms with van der Waals surface area (Å²) in [6.45, 7) is 6.36. The van der Waals surface area contributed by atoms with Crippen molar-refractivity contribution < 1.29 is 12.3 Å². The Kier molecular flexibility index (Phi) is 4.52. The highest BCUT2D eigenvalue weighted by Crippen LogP contribution is 2.00. The lowest BCUT2D eigenvalue weighted by atomic mass is 10.7. The van der Waals surface area contributed by atoms with E-state index in [0.717, 1.165) is 13.1 Å². The quantitative estimate of drug-likeness (QED) is 0.509. The Hall–Kier alpha value is 0.491. The first-order valence-corrected chi connectivity index (χ1v) is 7.70. The summed E-state index contributed by atoms with van der Waals surface area (Å²) in [5, 5.41) is 0. The summed E-state index contributed by atoms with van der Waals surface area (Å²) >= 11 is 0. The molecule has 7 heteroatoms. The fourth-order valence-electron chi connectivity index (χ4n) is 1.03. The molecule has 0 aromatic rings. The monoisotopic (exact) mass is 209 g/mol. The fourth-order valence-corrected chi connectivity index (χ4v) is 8.27. The molecular weight excluding hydrogens is 194 g/mol. The van der Waals surface area contributed by atoms with Crippen LogP contribution in [-0.2, 0) is 12.3 Å². The van der Waals surface area contributed by atoms with E-state index in [-0.39, 0.29) is 0 Å². The van der Waals surface area contributed by atoms with E-state index in [9.17, 15) is 0 Å². The van der Waals surface area contributed by atoms with Crippen molar-refractivity contribution in [2.75, 3.05) is 13.1 Å². The van der Waals surface area contributed by atoms with Crippen LogP contribution in [0.1, 0.15) is 13.8 Å². The topological polar surface area (TPSA) is 30.9 Å². The third kappa shape index (κ3) is 2.78. The third-order valence-corrected chi connectivity index (χ3v) is 7.73. The molecule has 1 rings (SSSR count). The van der Waals surface area contributed by atoms with Gasteiger partial charge in [-0.25, -0.2) is 0 Å². The molecule has 0 spiro atoms. The fraction of sp³-hybridized carbons (Fsp3) is 1.00. The maximum absolute atomic E-state index is 5.52. The van der Waals surface area contributed by atoms with Crippen LogP contribution in [0.3, 0.4) is 0 Å². The molecule has 0 aromatic heterocycles. The predicted molar refractivity (Wildman–Crippen MR) is 50.4 cm³/mol. The molecule has 0 N–H and O–H groups in total. The first kappa shape index (κ1) is 9.58. The molecule has 0 amide bonds. The standard InChI is InChI=1S/C4H15NO3Si3/c1-3-5(4-2)11-7-9-6-10-8-11/h11H,3-4,9-10H2,1-2H3. The zero-order valence-corrected chi connectivity index (χ0v) is 11.1. The van der Waals surface area contributed by atoms with Gasteiger partial charge in [0.15, 0.2) is 0 Å². The van der Waals surface area contributed by atoms with E-state index >= 15 is 0 Å². The zero-order valence-electron chi connectivity index (χ0n) is 7.08. The van der Waals surface area contributed by atoms with Crippen LogP contribution < -0.4 is 0 Å².